The summed E-state index contributed by atoms with van der Waals surface area (Å²) in [5.41, 5.74) is 2.59. The summed E-state index contributed by atoms with van der Waals surface area (Å²) in [6.45, 7) is 3.79. The van der Waals surface area contributed by atoms with Crippen LogP contribution in [0, 0.1) is 6.92 Å². The second kappa shape index (κ2) is 7.59. The summed E-state index contributed by atoms with van der Waals surface area (Å²) in [5, 5.41) is 5.08. The summed E-state index contributed by atoms with van der Waals surface area (Å²) < 4.78 is 1.34. The molecule has 2 aromatic rings. The van der Waals surface area contributed by atoms with Gasteiger partial charge in [-0.25, -0.2) is 0 Å². The highest BCUT2D eigenvalue weighted by Gasteiger charge is 2.15. The fraction of sp³-hybridized carbons (Fsp3) is 0.278. The van der Waals surface area contributed by atoms with Crippen molar-refractivity contribution in [2.75, 3.05) is 10.6 Å². The van der Waals surface area contributed by atoms with E-state index >= 15 is 0 Å². The number of hydrogen-bond acceptors (Lipinski definition) is 3. The number of carbonyl (C=O) groups excluding carboxylic acids is 2. The van der Waals surface area contributed by atoms with Gasteiger partial charge >= 0.3 is 11.8 Å². The monoisotopic (exact) mass is 327 g/mol. The largest absolute Gasteiger partial charge is 0.318 e. The highest BCUT2D eigenvalue weighted by atomic mass is 16.2. The predicted octanol–water partition coefficient (Wildman–Crippen LogP) is 2.22. The summed E-state index contributed by atoms with van der Waals surface area (Å²) in [6, 6.07) is 8.80. The third-order valence-electron chi connectivity index (χ3n) is 3.64. The molecule has 0 aliphatic heterocycles. The molecule has 1 heterocycles. The number of aromatic nitrogens is 1. The van der Waals surface area contributed by atoms with Crippen molar-refractivity contribution in [3.05, 3.63) is 58.0 Å². The number of aryl methyl sites for hydroxylation is 3. The van der Waals surface area contributed by atoms with E-state index in [4.69, 9.17) is 0 Å². The van der Waals surface area contributed by atoms with E-state index in [1.807, 2.05) is 12.1 Å². The molecule has 126 valence electrons. The summed E-state index contributed by atoms with van der Waals surface area (Å²) in [5.74, 6) is -1.54. The van der Waals surface area contributed by atoms with E-state index < -0.39 is 11.8 Å². The highest BCUT2D eigenvalue weighted by Crippen LogP contribution is 2.13. The first-order chi connectivity index (χ1) is 11.4. The summed E-state index contributed by atoms with van der Waals surface area (Å²) >= 11 is 0. The van der Waals surface area contributed by atoms with Crippen molar-refractivity contribution in [1.82, 2.24) is 4.57 Å². The third-order valence-corrected chi connectivity index (χ3v) is 3.64. The molecule has 0 saturated heterocycles. The molecule has 2 amide bonds. The SMILES string of the molecule is CCCc1ccc(NC(=O)C(=O)Nc2cn(C)c(=O)cc2C)cc1. The van der Waals surface area contributed by atoms with Gasteiger partial charge in [0, 0.05) is 25.0 Å². The number of anilines is 2. The maximum atomic E-state index is 12.0. The lowest BCUT2D eigenvalue weighted by Crippen LogP contribution is -2.30. The van der Waals surface area contributed by atoms with Crippen LogP contribution in [-0.4, -0.2) is 16.4 Å². The number of hydrogen-bond donors (Lipinski definition) is 2. The van der Waals surface area contributed by atoms with Crippen LogP contribution in [0.4, 0.5) is 11.4 Å². The Balaban J connectivity index is 2.03. The van der Waals surface area contributed by atoms with Crippen LogP contribution in [0.1, 0.15) is 24.5 Å². The van der Waals surface area contributed by atoms with Gasteiger partial charge in [0.15, 0.2) is 0 Å². The normalized spacial score (nSPS) is 10.3. The van der Waals surface area contributed by atoms with Crippen molar-refractivity contribution in [3.63, 3.8) is 0 Å². The Morgan fingerprint density at radius 3 is 2.33 bits per heavy atom. The first kappa shape index (κ1) is 17.5. The maximum absolute atomic E-state index is 12.0. The molecule has 0 aliphatic rings. The van der Waals surface area contributed by atoms with Gasteiger partial charge in [0.25, 0.3) is 5.56 Å². The van der Waals surface area contributed by atoms with Gasteiger partial charge in [-0.1, -0.05) is 25.5 Å². The van der Waals surface area contributed by atoms with Crippen molar-refractivity contribution < 1.29 is 9.59 Å². The zero-order chi connectivity index (χ0) is 17.7. The Labute approximate surface area is 140 Å². The van der Waals surface area contributed by atoms with Crippen molar-refractivity contribution in [1.29, 1.82) is 0 Å². The molecular weight excluding hydrogens is 306 g/mol. The average molecular weight is 327 g/mol. The average Bonchev–Trinajstić information content (AvgIpc) is 2.54. The molecule has 6 heteroatoms. The quantitative estimate of drug-likeness (QED) is 0.845. The minimum absolute atomic E-state index is 0.179. The minimum atomic E-state index is -0.783. The number of carbonyl (C=O) groups is 2. The van der Waals surface area contributed by atoms with E-state index in [0.717, 1.165) is 12.8 Å². The summed E-state index contributed by atoms with van der Waals surface area (Å²) in [6.07, 6.45) is 3.51. The van der Waals surface area contributed by atoms with Gasteiger partial charge < -0.3 is 15.2 Å². The molecule has 0 atom stereocenters. The van der Waals surface area contributed by atoms with Gasteiger partial charge in [0.2, 0.25) is 0 Å². The lowest BCUT2D eigenvalue weighted by Gasteiger charge is -2.10. The van der Waals surface area contributed by atoms with Crippen LogP contribution in [0.2, 0.25) is 0 Å². The van der Waals surface area contributed by atoms with Crippen molar-refractivity contribution in [2.24, 2.45) is 7.05 Å². The summed E-state index contributed by atoms with van der Waals surface area (Å²) in [4.78, 5) is 35.5. The van der Waals surface area contributed by atoms with Gasteiger partial charge in [-0.2, -0.15) is 0 Å². The Bertz CT molecular complexity index is 807. The van der Waals surface area contributed by atoms with Crippen LogP contribution >= 0.6 is 0 Å². The lowest BCUT2D eigenvalue weighted by molar-refractivity contribution is -0.133. The Kier molecular flexibility index (Phi) is 5.52. The van der Waals surface area contributed by atoms with E-state index in [1.165, 1.54) is 22.4 Å². The molecule has 24 heavy (non-hydrogen) atoms. The number of nitrogens with zero attached hydrogens (tertiary/aromatic N) is 1. The second-order valence-corrected chi connectivity index (χ2v) is 5.67. The van der Waals surface area contributed by atoms with Crippen molar-refractivity contribution in [2.45, 2.75) is 26.7 Å². The van der Waals surface area contributed by atoms with E-state index in [2.05, 4.69) is 17.6 Å². The molecule has 0 radical (unpaired) electrons. The molecule has 0 saturated carbocycles. The molecule has 2 N–H and O–H groups in total. The highest BCUT2D eigenvalue weighted by molar-refractivity contribution is 6.43. The zero-order valence-corrected chi connectivity index (χ0v) is 14.1. The fourth-order valence-electron chi connectivity index (χ4n) is 2.27. The van der Waals surface area contributed by atoms with Gasteiger partial charge in [0.05, 0.1) is 5.69 Å². The Hall–Kier alpha value is -2.89. The van der Waals surface area contributed by atoms with Crippen molar-refractivity contribution in [3.8, 4) is 0 Å². The van der Waals surface area contributed by atoms with E-state index in [0.29, 0.717) is 16.9 Å². The van der Waals surface area contributed by atoms with Crippen LogP contribution in [0.3, 0.4) is 0 Å². The number of amides is 2. The lowest BCUT2D eigenvalue weighted by atomic mass is 10.1. The number of benzene rings is 1. The standard InChI is InChI=1S/C18H21N3O3/c1-4-5-13-6-8-14(9-7-13)19-17(23)18(24)20-15-11-21(3)16(22)10-12(15)2/h6-11H,4-5H2,1-3H3,(H,19,23)(H,20,24). The van der Waals surface area contributed by atoms with E-state index in [9.17, 15) is 14.4 Å². The minimum Gasteiger partial charge on any atom is -0.318 e. The van der Waals surface area contributed by atoms with Gasteiger partial charge in [0.1, 0.15) is 0 Å². The number of pyridine rings is 1. The van der Waals surface area contributed by atoms with Crippen LogP contribution in [0.5, 0.6) is 0 Å². The smallest absolute Gasteiger partial charge is 0.314 e. The fourth-order valence-corrected chi connectivity index (χ4v) is 2.27. The zero-order valence-electron chi connectivity index (χ0n) is 14.1. The van der Waals surface area contributed by atoms with Gasteiger partial charge in [-0.15, -0.1) is 0 Å². The van der Waals surface area contributed by atoms with Crippen LogP contribution in [0.25, 0.3) is 0 Å². The molecule has 0 aliphatic carbocycles. The molecule has 0 spiro atoms. The van der Waals surface area contributed by atoms with Crippen LogP contribution < -0.4 is 16.2 Å². The van der Waals surface area contributed by atoms with Crippen molar-refractivity contribution >= 4 is 23.2 Å². The van der Waals surface area contributed by atoms with Gasteiger partial charge in [-0.05, 0) is 36.6 Å². The number of nitrogens with one attached hydrogen (secondary N) is 2. The molecule has 2 rings (SSSR count). The molecule has 0 fully saturated rings. The Morgan fingerprint density at radius 1 is 1.08 bits per heavy atom. The third kappa shape index (κ3) is 4.32. The van der Waals surface area contributed by atoms with Crippen LogP contribution in [-0.2, 0) is 23.1 Å². The van der Waals surface area contributed by atoms with Crippen LogP contribution in [0.15, 0.2) is 41.3 Å². The van der Waals surface area contributed by atoms with E-state index in [-0.39, 0.29) is 5.56 Å². The molecule has 0 bridgehead atoms. The first-order valence-electron chi connectivity index (χ1n) is 7.79. The Morgan fingerprint density at radius 2 is 1.71 bits per heavy atom. The second-order valence-electron chi connectivity index (χ2n) is 5.67. The first-order valence-corrected chi connectivity index (χ1v) is 7.79. The molecule has 6 nitrogen and oxygen atoms in total. The molecular formula is C18H21N3O3. The number of rotatable bonds is 4. The van der Waals surface area contributed by atoms with E-state index in [1.54, 1.807) is 26.1 Å². The summed E-state index contributed by atoms with van der Waals surface area (Å²) in [7, 11) is 1.58. The van der Waals surface area contributed by atoms with Gasteiger partial charge in [-0.3, -0.25) is 14.4 Å². The maximum Gasteiger partial charge on any atom is 0.314 e. The topological polar surface area (TPSA) is 80.2 Å². The predicted molar refractivity (Wildman–Crippen MR) is 94.1 cm³/mol. The molecule has 1 aromatic carbocycles. The molecule has 0 unspecified atom stereocenters. The molecule has 1 aromatic heterocycles.